The van der Waals surface area contributed by atoms with E-state index in [0.717, 1.165) is 60.7 Å². The summed E-state index contributed by atoms with van der Waals surface area (Å²) in [6, 6.07) is 20.3. The molecule has 0 radical (unpaired) electrons. The van der Waals surface area contributed by atoms with Gasteiger partial charge < -0.3 is 42.2 Å². The van der Waals surface area contributed by atoms with E-state index in [0.29, 0.717) is 77.3 Å². The van der Waals surface area contributed by atoms with Gasteiger partial charge in [0, 0.05) is 106 Å². The first-order valence-electron chi connectivity index (χ1n) is 24.8. The summed E-state index contributed by atoms with van der Waals surface area (Å²) in [5.41, 5.74) is 11.9. The number of likely N-dealkylation sites (tertiary alicyclic amines) is 1. The highest BCUT2D eigenvalue weighted by atomic mass is 19.1. The number of carbonyl (C=O) groups is 5. The van der Waals surface area contributed by atoms with Gasteiger partial charge in [0.15, 0.2) is 5.65 Å². The predicted molar refractivity (Wildman–Crippen MR) is 279 cm³/mol. The third-order valence-corrected chi connectivity index (χ3v) is 14.1. The van der Waals surface area contributed by atoms with Gasteiger partial charge in [-0.25, -0.2) is 24.3 Å². The highest BCUT2D eigenvalue weighted by Gasteiger charge is 2.45. The zero-order valence-electron chi connectivity index (χ0n) is 40.7. The Hall–Kier alpha value is -8.75. The number of nitrogens with zero attached hydrogens (tertiary/aromatic N) is 8. The molecule has 10 rings (SSSR count). The van der Waals surface area contributed by atoms with Crippen molar-refractivity contribution < 1.29 is 28.4 Å². The molecule has 5 amide bonds. The number of rotatable bonds is 16. The highest BCUT2D eigenvalue weighted by molar-refractivity contribution is 6.25. The summed E-state index contributed by atoms with van der Waals surface area (Å²) in [7, 11) is 0. The first kappa shape index (κ1) is 48.9. The molecule has 6 aromatic rings. The monoisotopic (exact) mass is 1000 g/mol. The Labute approximate surface area is 425 Å². The van der Waals surface area contributed by atoms with Crippen LogP contribution < -0.4 is 37.2 Å². The van der Waals surface area contributed by atoms with Crippen molar-refractivity contribution in [3.63, 3.8) is 0 Å². The van der Waals surface area contributed by atoms with Gasteiger partial charge in [-0.2, -0.15) is 0 Å². The van der Waals surface area contributed by atoms with E-state index in [9.17, 15) is 24.0 Å². The van der Waals surface area contributed by atoms with Crippen molar-refractivity contribution in [1.29, 1.82) is 5.41 Å². The standard InChI is InChI=1S/C53H56FN15O5/c1-31-63-43-9-8-40(34-13-18-59-45(56)25-34)64-49(43)68(31)37-6-7-41(39(54)26-37)58-20-19-57-36-5-11-46(62-30-36)66-21-14-33(15-22-66)51(72)67-23-16-35(17-24-67)60-28-32(27-55)29-61-42-4-2-3-38-48(42)53(74)69(52(38)73)44-10-12-47(70)65-50(44)71/h2-9,11,13,18,25-28,30,33,35,44,55,57-58,60-61H,10,12,14-17,19-24,29H2,1H3,(H2,56,59)(H,65,70,71)/b32-28+,55-27?. The van der Waals surface area contributed by atoms with Crippen LogP contribution in [0.25, 0.3) is 28.1 Å². The van der Waals surface area contributed by atoms with Gasteiger partial charge in [0.2, 0.25) is 17.7 Å². The number of nitrogen functional groups attached to an aromatic ring is 1. The molecule has 74 heavy (non-hydrogen) atoms. The van der Waals surface area contributed by atoms with Crippen molar-refractivity contribution in [2.24, 2.45) is 5.92 Å². The van der Waals surface area contributed by atoms with Crippen LogP contribution in [-0.2, 0) is 14.4 Å². The summed E-state index contributed by atoms with van der Waals surface area (Å²) < 4.78 is 17.3. The molecule has 2 aromatic carbocycles. The van der Waals surface area contributed by atoms with Crippen LogP contribution in [0.2, 0.25) is 0 Å². The third-order valence-electron chi connectivity index (χ3n) is 14.1. The van der Waals surface area contributed by atoms with Crippen molar-refractivity contribution in [3.05, 3.63) is 120 Å². The second-order valence-corrected chi connectivity index (χ2v) is 18.8. The zero-order valence-corrected chi connectivity index (χ0v) is 40.7. The van der Waals surface area contributed by atoms with Crippen LogP contribution in [0.1, 0.15) is 65.1 Å². The first-order valence-corrected chi connectivity index (χ1v) is 24.8. The van der Waals surface area contributed by atoms with Crippen LogP contribution in [0.3, 0.4) is 0 Å². The molecular formula is C53H56FN15O5. The van der Waals surface area contributed by atoms with Crippen molar-refractivity contribution >= 4 is 75.6 Å². The molecule has 8 N–H and O–H groups in total. The molecule has 4 aliphatic rings. The molecule has 380 valence electrons. The second-order valence-electron chi connectivity index (χ2n) is 18.8. The Bertz CT molecular complexity index is 3200. The van der Waals surface area contributed by atoms with Crippen LogP contribution in [0.4, 0.5) is 33.1 Å². The molecule has 1 unspecified atom stereocenters. The molecule has 0 aliphatic carbocycles. The lowest BCUT2D eigenvalue weighted by Crippen LogP contribution is -2.54. The molecule has 4 aliphatic heterocycles. The van der Waals surface area contributed by atoms with Crippen LogP contribution in [0.15, 0.2) is 97.0 Å². The second kappa shape index (κ2) is 21.1. The summed E-state index contributed by atoms with van der Waals surface area (Å²) in [5.74, 6) is -0.644. The number of fused-ring (bicyclic) bond motifs is 2. The van der Waals surface area contributed by atoms with Crippen molar-refractivity contribution in [2.45, 2.75) is 57.5 Å². The number of benzene rings is 2. The summed E-state index contributed by atoms with van der Waals surface area (Å²) in [6.45, 7) is 5.74. The Morgan fingerprint density at radius 2 is 1.68 bits per heavy atom. The van der Waals surface area contributed by atoms with Gasteiger partial charge in [0.05, 0.1) is 40.1 Å². The molecule has 21 heteroatoms. The van der Waals surface area contributed by atoms with Gasteiger partial charge in [0.25, 0.3) is 11.8 Å². The third kappa shape index (κ3) is 10.2. The predicted octanol–water partition coefficient (Wildman–Crippen LogP) is 5.27. The van der Waals surface area contributed by atoms with Crippen molar-refractivity contribution in [2.75, 3.05) is 72.4 Å². The Balaban J connectivity index is 0.642. The number of hydrogen-bond donors (Lipinski definition) is 7. The van der Waals surface area contributed by atoms with Crippen LogP contribution >= 0.6 is 0 Å². The Morgan fingerprint density at radius 3 is 2.42 bits per heavy atom. The van der Waals surface area contributed by atoms with Crippen LogP contribution in [0.5, 0.6) is 0 Å². The largest absolute Gasteiger partial charge is 0.388 e. The number of anilines is 5. The molecule has 8 heterocycles. The maximum absolute atomic E-state index is 15.5. The Morgan fingerprint density at radius 1 is 0.865 bits per heavy atom. The van der Waals surface area contributed by atoms with E-state index < -0.39 is 35.5 Å². The SMILES string of the molecule is Cc1nc2ccc(-c3ccnc(N)c3)nc2n1-c1ccc(NCCNc2ccc(N3CCC(C(=O)N4CCC(N/C=C(\C=N)CNc5cccc6c5C(=O)N(C5CCC(=O)NC5=O)C6=O)CC4)CC3)nc2)c(F)c1. The highest BCUT2D eigenvalue weighted by Crippen LogP contribution is 2.33. The summed E-state index contributed by atoms with van der Waals surface area (Å²) in [6.07, 6.45) is 9.47. The number of amides is 5. The van der Waals surface area contributed by atoms with E-state index >= 15 is 4.39 Å². The quantitative estimate of drug-likeness (QED) is 0.0370. The topological polar surface area (TPSA) is 262 Å². The number of carbonyl (C=O) groups excluding carboxylic acids is 5. The lowest BCUT2D eigenvalue weighted by Gasteiger charge is -2.37. The number of piperidine rings is 3. The minimum Gasteiger partial charge on any atom is -0.388 e. The maximum Gasteiger partial charge on any atom is 0.264 e. The molecule has 0 spiro atoms. The number of aryl methyl sites for hydroxylation is 1. The van der Waals surface area contributed by atoms with Crippen molar-refractivity contribution in [1.82, 2.24) is 44.9 Å². The maximum atomic E-state index is 15.5. The number of halogens is 1. The normalized spacial score (nSPS) is 17.6. The summed E-state index contributed by atoms with van der Waals surface area (Å²) in [4.78, 5) is 87.9. The molecule has 0 bridgehead atoms. The molecule has 0 saturated carbocycles. The molecular weight excluding hydrogens is 946 g/mol. The fraction of sp³-hybridized carbons (Fsp3) is 0.321. The zero-order chi connectivity index (χ0) is 51.5. The van der Waals surface area contributed by atoms with Crippen molar-refractivity contribution in [3.8, 4) is 16.9 Å². The average molecular weight is 1000 g/mol. The van der Waals surface area contributed by atoms with Crippen LogP contribution in [-0.4, -0.2) is 128 Å². The van der Waals surface area contributed by atoms with E-state index in [-0.39, 0.29) is 48.4 Å². The number of aromatic nitrogens is 5. The average Bonchev–Trinajstić information content (AvgIpc) is 3.89. The summed E-state index contributed by atoms with van der Waals surface area (Å²) >= 11 is 0. The minimum atomic E-state index is -1.06. The minimum absolute atomic E-state index is 0.0346. The molecule has 3 fully saturated rings. The van der Waals surface area contributed by atoms with E-state index in [1.165, 1.54) is 18.3 Å². The van der Waals surface area contributed by atoms with Gasteiger partial charge in [0.1, 0.15) is 34.8 Å². The van der Waals surface area contributed by atoms with Crippen LogP contribution in [0, 0.1) is 24.1 Å². The summed E-state index contributed by atoms with van der Waals surface area (Å²) in [5, 5.41) is 23.4. The van der Waals surface area contributed by atoms with E-state index in [2.05, 4.69) is 41.5 Å². The van der Waals surface area contributed by atoms with Gasteiger partial charge in [-0.05, 0) is 99.7 Å². The number of hydrogen-bond acceptors (Lipinski definition) is 16. The lowest BCUT2D eigenvalue weighted by atomic mass is 9.93. The van der Waals surface area contributed by atoms with Gasteiger partial charge in [-0.15, -0.1) is 0 Å². The Kier molecular flexibility index (Phi) is 14.0. The molecule has 1 atom stereocenters. The first-order chi connectivity index (χ1) is 35.9. The molecule has 20 nitrogen and oxygen atoms in total. The number of nitrogens with two attached hydrogens (primary N) is 1. The smallest absolute Gasteiger partial charge is 0.264 e. The number of imidazole rings is 1. The number of imide groups is 2. The van der Waals surface area contributed by atoms with E-state index in [1.54, 1.807) is 42.9 Å². The van der Waals surface area contributed by atoms with Gasteiger partial charge in [-0.1, -0.05) is 6.07 Å². The fourth-order valence-corrected chi connectivity index (χ4v) is 10.1. The molecule has 3 saturated heterocycles. The molecule has 4 aromatic heterocycles. The number of pyridine rings is 3. The fourth-order valence-electron chi connectivity index (χ4n) is 10.1. The lowest BCUT2D eigenvalue weighted by molar-refractivity contribution is -0.138. The van der Waals surface area contributed by atoms with Gasteiger partial charge >= 0.3 is 0 Å². The van der Waals surface area contributed by atoms with E-state index in [1.807, 2.05) is 52.8 Å². The number of nitrogens with one attached hydrogen (secondary N) is 6. The van der Waals surface area contributed by atoms with Gasteiger partial charge in [-0.3, -0.25) is 38.8 Å². The van der Waals surface area contributed by atoms with E-state index in [4.69, 9.17) is 21.1 Å².